The van der Waals surface area contributed by atoms with E-state index in [1.165, 1.54) is 36.0 Å². The fourth-order valence-corrected chi connectivity index (χ4v) is 4.92. The van der Waals surface area contributed by atoms with Crippen LogP contribution in [0.15, 0.2) is 42.9 Å². The molecule has 0 radical (unpaired) electrons. The molecule has 0 aliphatic rings. The summed E-state index contributed by atoms with van der Waals surface area (Å²) >= 11 is 1.30. The van der Waals surface area contributed by atoms with E-state index in [0.29, 0.717) is 43.3 Å². The van der Waals surface area contributed by atoms with E-state index >= 15 is 4.39 Å². The molecule has 5 aromatic rings. The van der Waals surface area contributed by atoms with Crippen molar-refractivity contribution in [1.29, 1.82) is 0 Å². The van der Waals surface area contributed by atoms with Crippen LogP contribution in [0.2, 0.25) is 0 Å². The molecule has 42 heavy (non-hydrogen) atoms. The number of anilines is 1. The maximum absolute atomic E-state index is 15.0. The second-order valence-corrected chi connectivity index (χ2v) is 10.5. The Morgan fingerprint density at radius 3 is 2.48 bits per heavy atom. The smallest absolute Gasteiger partial charge is 0.412 e. The number of aryl methyl sites for hydroxylation is 2. The van der Waals surface area contributed by atoms with Crippen molar-refractivity contribution in [3.63, 3.8) is 0 Å². The number of aromatic nitrogens is 5. The zero-order chi connectivity index (χ0) is 30.0. The summed E-state index contributed by atoms with van der Waals surface area (Å²) in [5, 5.41) is 3.10. The minimum absolute atomic E-state index is 0.0125. The molecule has 2 aromatic carbocycles. The molecule has 0 unspecified atom stereocenters. The molecule has 0 saturated heterocycles. The first-order chi connectivity index (χ1) is 20.0. The number of benzene rings is 2. The van der Waals surface area contributed by atoms with Crippen molar-refractivity contribution in [3.05, 3.63) is 60.1 Å². The number of carbonyl (C=O) groups is 1. The van der Waals surface area contributed by atoms with Crippen LogP contribution in [0.3, 0.4) is 0 Å². The number of ether oxygens (including phenoxy) is 3. The Balaban J connectivity index is 1.33. The van der Waals surface area contributed by atoms with Gasteiger partial charge in [0.1, 0.15) is 23.0 Å². The first-order valence-electron chi connectivity index (χ1n) is 12.8. The molecule has 1 amide bonds. The highest BCUT2D eigenvalue weighted by molar-refractivity contribution is 7.21. The molecule has 0 bridgehead atoms. The molecule has 0 aliphatic heterocycles. The van der Waals surface area contributed by atoms with E-state index in [1.807, 2.05) is 13.0 Å². The summed E-state index contributed by atoms with van der Waals surface area (Å²) in [6.45, 7) is 6.08. The summed E-state index contributed by atoms with van der Waals surface area (Å²) in [4.78, 5) is 33.6. The second kappa shape index (κ2) is 12.1. The highest BCUT2D eigenvalue weighted by atomic mass is 32.1. The van der Waals surface area contributed by atoms with Crippen molar-refractivity contribution in [2.45, 2.75) is 46.3 Å². The zero-order valence-electron chi connectivity index (χ0n) is 22.9. The van der Waals surface area contributed by atoms with Crippen LogP contribution in [0.1, 0.15) is 25.2 Å². The van der Waals surface area contributed by atoms with Crippen LogP contribution in [0.5, 0.6) is 11.6 Å². The van der Waals surface area contributed by atoms with Crippen LogP contribution in [0, 0.1) is 19.7 Å². The molecule has 0 aliphatic carbocycles. The Morgan fingerprint density at radius 2 is 1.74 bits per heavy atom. The van der Waals surface area contributed by atoms with Crippen LogP contribution in [-0.4, -0.2) is 56.3 Å². The molecule has 0 saturated carbocycles. The minimum Gasteiger partial charge on any atom is -0.484 e. The number of rotatable bonds is 9. The van der Waals surface area contributed by atoms with Gasteiger partial charge in [-0.2, -0.15) is 0 Å². The SMILES string of the molecule is Cc1cc(-c2nc3cc(F)c(O[C@@H](C)[C@@H](C)OC(=O)Nc4cnc(C)nc4)cc3s2)c2ncc(OCC(F)F)nc2c1. The lowest BCUT2D eigenvalue weighted by molar-refractivity contribution is 0.0402. The Hall–Kier alpha value is -4.59. The van der Waals surface area contributed by atoms with Gasteiger partial charge in [0.05, 0.1) is 45.5 Å². The van der Waals surface area contributed by atoms with Crippen molar-refractivity contribution in [2.75, 3.05) is 11.9 Å². The summed E-state index contributed by atoms with van der Waals surface area (Å²) < 4.78 is 57.0. The Morgan fingerprint density at radius 1 is 0.976 bits per heavy atom. The summed E-state index contributed by atoms with van der Waals surface area (Å²) in [7, 11) is 0. The van der Waals surface area contributed by atoms with Gasteiger partial charge in [-0.25, -0.2) is 42.9 Å². The van der Waals surface area contributed by atoms with Crippen molar-refractivity contribution >= 4 is 44.4 Å². The number of fused-ring (bicyclic) bond motifs is 2. The van der Waals surface area contributed by atoms with Gasteiger partial charge >= 0.3 is 6.09 Å². The molecule has 3 heterocycles. The quantitative estimate of drug-likeness (QED) is 0.203. The van der Waals surface area contributed by atoms with Gasteiger partial charge in [-0.3, -0.25) is 5.32 Å². The highest BCUT2D eigenvalue weighted by Gasteiger charge is 2.22. The fourth-order valence-electron chi connectivity index (χ4n) is 3.93. The lowest BCUT2D eigenvalue weighted by atomic mass is 10.1. The standard InChI is InChI=1S/C28H25F3N6O4S/c1-13-5-18(26-21(6-13)36-25(11-34-26)39-12-24(30)31)27-37-20-7-19(29)22(8-23(20)42-27)40-14(2)15(3)41-28(38)35-17-9-32-16(4)33-10-17/h5-11,14-15,24H,12H2,1-4H3,(H,35,38)/t14-,15+/m0/s1. The first-order valence-corrected chi connectivity index (χ1v) is 13.6. The van der Waals surface area contributed by atoms with Gasteiger partial charge in [-0.05, 0) is 45.4 Å². The third-order valence-corrected chi connectivity index (χ3v) is 7.14. The minimum atomic E-state index is -2.63. The monoisotopic (exact) mass is 598 g/mol. The predicted molar refractivity (Wildman–Crippen MR) is 151 cm³/mol. The van der Waals surface area contributed by atoms with E-state index in [2.05, 4.69) is 30.2 Å². The second-order valence-electron chi connectivity index (χ2n) is 9.44. The van der Waals surface area contributed by atoms with Gasteiger partial charge < -0.3 is 14.2 Å². The Kier molecular flexibility index (Phi) is 8.34. The predicted octanol–water partition coefficient (Wildman–Crippen LogP) is 6.50. The normalized spacial score (nSPS) is 12.9. The average Bonchev–Trinajstić information content (AvgIpc) is 3.35. The van der Waals surface area contributed by atoms with Gasteiger partial charge in [0.25, 0.3) is 6.43 Å². The van der Waals surface area contributed by atoms with Crippen LogP contribution in [-0.2, 0) is 4.74 Å². The van der Waals surface area contributed by atoms with E-state index in [1.54, 1.807) is 32.9 Å². The maximum atomic E-state index is 15.0. The molecular formula is C28H25F3N6O4S. The van der Waals surface area contributed by atoms with E-state index in [4.69, 9.17) is 14.2 Å². The van der Waals surface area contributed by atoms with E-state index in [-0.39, 0.29) is 11.6 Å². The third-order valence-electron chi connectivity index (χ3n) is 6.09. The van der Waals surface area contributed by atoms with Gasteiger partial charge in [0, 0.05) is 17.7 Å². The lowest BCUT2D eigenvalue weighted by Crippen LogP contribution is -2.32. The lowest BCUT2D eigenvalue weighted by Gasteiger charge is -2.22. The largest absolute Gasteiger partial charge is 0.484 e. The van der Waals surface area contributed by atoms with Gasteiger partial charge in [0.2, 0.25) is 5.88 Å². The number of hydrogen-bond donors (Lipinski definition) is 1. The third kappa shape index (κ3) is 6.65. The molecule has 0 spiro atoms. The Bertz CT molecular complexity index is 1750. The highest BCUT2D eigenvalue weighted by Crippen LogP contribution is 2.37. The molecular weight excluding hydrogens is 573 g/mol. The van der Waals surface area contributed by atoms with Crippen molar-refractivity contribution in [2.24, 2.45) is 0 Å². The van der Waals surface area contributed by atoms with Crippen LogP contribution in [0.25, 0.3) is 31.8 Å². The summed E-state index contributed by atoms with van der Waals surface area (Å²) in [6, 6.07) is 6.45. The van der Waals surface area contributed by atoms with Crippen LogP contribution >= 0.6 is 11.3 Å². The molecule has 2 atom stereocenters. The van der Waals surface area contributed by atoms with Crippen LogP contribution in [0.4, 0.5) is 23.7 Å². The topological polar surface area (TPSA) is 121 Å². The number of alkyl halides is 2. The molecule has 5 rings (SSSR count). The van der Waals surface area contributed by atoms with Crippen LogP contribution < -0.4 is 14.8 Å². The number of nitrogens with one attached hydrogen (secondary N) is 1. The molecule has 14 heteroatoms. The molecule has 3 aromatic heterocycles. The molecule has 10 nitrogen and oxygen atoms in total. The zero-order valence-corrected chi connectivity index (χ0v) is 23.7. The molecule has 218 valence electrons. The fraction of sp³-hybridized carbons (Fsp3) is 0.286. The van der Waals surface area contributed by atoms with Crippen molar-refractivity contribution in [1.82, 2.24) is 24.9 Å². The summed E-state index contributed by atoms with van der Waals surface area (Å²) in [6.07, 6.45) is -0.590. The van der Waals surface area contributed by atoms with Gasteiger partial charge in [0.15, 0.2) is 18.2 Å². The number of amides is 1. The number of halogens is 3. The Labute approximate surface area is 241 Å². The van der Waals surface area contributed by atoms with Crippen molar-refractivity contribution < 1.29 is 32.2 Å². The maximum Gasteiger partial charge on any atom is 0.412 e. The summed E-state index contributed by atoms with van der Waals surface area (Å²) in [5.74, 6) is -0.107. The average molecular weight is 599 g/mol. The summed E-state index contributed by atoms with van der Waals surface area (Å²) in [5.41, 5.74) is 3.23. The van der Waals surface area contributed by atoms with Crippen molar-refractivity contribution in [3.8, 4) is 22.2 Å². The van der Waals surface area contributed by atoms with Gasteiger partial charge in [-0.1, -0.05) is 0 Å². The van der Waals surface area contributed by atoms with Gasteiger partial charge in [-0.15, -0.1) is 11.3 Å². The number of carbonyl (C=O) groups excluding carboxylic acids is 1. The number of hydrogen-bond acceptors (Lipinski definition) is 10. The van der Waals surface area contributed by atoms with E-state index in [9.17, 15) is 13.6 Å². The van der Waals surface area contributed by atoms with E-state index < -0.39 is 37.2 Å². The van der Waals surface area contributed by atoms with E-state index in [0.717, 1.165) is 5.56 Å². The number of nitrogens with zero attached hydrogens (tertiary/aromatic N) is 5. The number of thiazole rings is 1. The molecule has 0 fully saturated rings. The first kappa shape index (κ1) is 28.9. The molecule has 1 N–H and O–H groups in total.